The molecule has 0 aliphatic carbocycles. The fourth-order valence-electron chi connectivity index (χ4n) is 2.80. The predicted octanol–water partition coefficient (Wildman–Crippen LogP) is 2.16. The van der Waals surface area contributed by atoms with E-state index in [1.54, 1.807) is 42.5 Å². The molecule has 0 fully saturated rings. The van der Waals surface area contributed by atoms with Crippen molar-refractivity contribution in [3.05, 3.63) is 59.2 Å². The monoisotopic (exact) mass is 355 g/mol. The third-order valence-electron chi connectivity index (χ3n) is 4.06. The largest absolute Gasteiger partial charge is 0.496 e. The molecule has 0 saturated carbocycles. The third kappa shape index (κ3) is 2.99. The molecule has 2 aromatic rings. The van der Waals surface area contributed by atoms with Crippen molar-refractivity contribution in [3.8, 4) is 11.5 Å². The topological polar surface area (TPSA) is 82.1 Å². The molecule has 1 aliphatic heterocycles. The quantitative estimate of drug-likeness (QED) is 0.583. The number of hydrogen-bond donors (Lipinski definition) is 0. The lowest BCUT2D eigenvalue weighted by atomic mass is 10.1. The van der Waals surface area contributed by atoms with Crippen molar-refractivity contribution < 1.29 is 28.6 Å². The zero-order valence-corrected chi connectivity index (χ0v) is 14.4. The maximum atomic E-state index is 12.4. The Kier molecular flexibility index (Phi) is 4.88. The zero-order chi connectivity index (χ0) is 18.7. The van der Waals surface area contributed by atoms with Crippen LogP contribution < -0.4 is 9.47 Å². The van der Waals surface area contributed by atoms with Gasteiger partial charge in [0, 0.05) is 0 Å². The Morgan fingerprint density at radius 1 is 0.885 bits per heavy atom. The summed E-state index contributed by atoms with van der Waals surface area (Å²) >= 11 is 0. The van der Waals surface area contributed by atoms with Crippen LogP contribution in [0.4, 0.5) is 0 Å². The lowest BCUT2D eigenvalue weighted by molar-refractivity contribution is 0.0414. The molecule has 0 bridgehead atoms. The van der Waals surface area contributed by atoms with Crippen molar-refractivity contribution in [3.63, 3.8) is 0 Å². The van der Waals surface area contributed by atoms with Gasteiger partial charge in [-0.25, -0.2) is 4.79 Å². The van der Waals surface area contributed by atoms with Gasteiger partial charge in [-0.2, -0.15) is 0 Å². The number of fused-ring (bicyclic) bond motifs is 1. The smallest absolute Gasteiger partial charge is 0.345 e. The molecule has 1 heterocycles. The van der Waals surface area contributed by atoms with Crippen LogP contribution in [0.15, 0.2) is 42.5 Å². The van der Waals surface area contributed by atoms with Crippen LogP contribution in [-0.2, 0) is 4.74 Å². The fourth-order valence-corrected chi connectivity index (χ4v) is 2.80. The lowest BCUT2D eigenvalue weighted by Gasteiger charge is -2.15. The number of carbonyl (C=O) groups excluding carboxylic acids is 3. The van der Waals surface area contributed by atoms with Gasteiger partial charge in [0.25, 0.3) is 11.8 Å². The summed E-state index contributed by atoms with van der Waals surface area (Å²) in [6, 6.07) is 11.5. The van der Waals surface area contributed by atoms with E-state index in [-0.39, 0.29) is 18.7 Å². The van der Waals surface area contributed by atoms with Gasteiger partial charge in [-0.05, 0) is 24.3 Å². The van der Waals surface area contributed by atoms with E-state index in [0.29, 0.717) is 22.6 Å². The maximum absolute atomic E-state index is 12.4. The summed E-state index contributed by atoms with van der Waals surface area (Å²) in [5, 5.41) is 0. The molecule has 0 atom stereocenters. The van der Waals surface area contributed by atoms with Gasteiger partial charge in [0.15, 0.2) is 0 Å². The normalized spacial score (nSPS) is 12.8. The molecule has 7 heteroatoms. The van der Waals surface area contributed by atoms with Crippen molar-refractivity contribution in [1.82, 2.24) is 4.90 Å². The molecule has 3 rings (SSSR count). The third-order valence-corrected chi connectivity index (χ3v) is 4.06. The van der Waals surface area contributed by atoms with E-state index in [9.17, 15) is 14.4 Å². The summed E-state index contributed by atoms with van der Waals surface area (Å²) < 4.78 is 15.6. The van der Waals surface area contributed by atoms with Gasteiger partial charge in [-0.3, -0.25) is 14.5 Å². The molecule has 0 N–H and O–H groups in total. The average molecular weight is 355 g/mol. The molecule has 0 unspecified atom stereocenters. The van der Waals surface area contributed by atoms with Crippen molar-refractivity contribution in [2.24, 2.45) is 0 Å². The summed E-state index contributed by atoms with van der Waals surface area (Å²) in [7, 11) is 2.87. The van der Waals surface area contributed by atoms with E-state index in [1.165, 1.54) is 14.2 Å². The summed E-state index contributed by atoms with van der Waals surface area (Å²) in [5.41, 5.74) is 0.866. The van der Waals surface area contributed by atoms with E-state index in [4.69, 9.17) is 14.2 Å². The predicted molar refractivity (Wildman–Crippen MR) is 91.6 cm³/mol. The van der Waals surface area contributed by atoms with Gasteiger partial charge in [0.2, 0.25) is 0 Å². The molecular formula is C19H17NO6. The molecule has 2 amide bonds. The van der Waals surface area contributed by atoms with E-state index in [2.05, 4.69) is 0 Å². The van der Waals surface area contributed by atoms with Gasteiger partial charge in [-0.15, -0.1) is 0 Å². The highest BCUT2D eigenvalue weighted by Gasteiger charge is 2.35. The first-order valence-corrected chi connectivity index (χ1v) is 7.91. The summed E-state index contributed by atoms with van der Waals surface area (Å²) in [5.74, 6) is -0.811. The summed E-state index contributed by atoms with van der Waals surface area (Å²) in [6.45, 7) is -0.166. The first kappa shape index (κ1) is 17.5. The first-order chi connectivity index (χ1) is 12.6. The van der Waals surface area contributed by atoms with E-state index in [1.807, 2.05) is 0 Å². The molecule has 1 aliphatic rings. The van der Waals surface area contributed by atoms with Crippen LogP contribution in [0.3, 0.4) is 0 Å². The number of rotatable bonds is 6. The van der Waals surface area contributed by atoms with Gasteiger partial charge in [0.1, 0.15) is 23.7 Å². The maximum Gasteiger partial charge on any atom is 0.345 e. The molecule has 7 nitrogen and oxygen atoms in total. The second kappa shape index (κ2) is 7.26. The van der Waals surface area contributed by atoms with Gasteiger partial charge in [0.05, 0.1) is 31.9 Å². The number of ether oxygens (including phenoxy) is 3. The SMILES string of the molecule is COc1cccc(OC)c1C(=O)OCCN1C(=O)c2ccccc2C1=O. The van der Waals surface area contributed by atoms with E-state index < -0.39 is 17.8 Å². The molecule has 2 aromatic carbocycles. The number of carbonyl (C=O) groups is 3. The number of methoxy groups -OCH3 is 2. The lowest BCUT2D eigenvalue weighted by Crippen LogP contribution is -2.33. The second-order valence-electron chi connectivity index (χ2n) is 5.48. The van der Waals surface area contributed by atoms with Crippen LogP contribution in [-0.4, -0.2) is 50.1 Å². The molecule has 0 aromatic heterocycles. The molecule has 134 valence electrons. The molecule has 0 saturated heterocycles. The minimum atomic E-state index is -0.657. The second-order valence-corrected chi connectivity index (χ2v) is 5.48. The average Bonchev–Trinajstić information content (AvgIpc) is 2.92. The number of benzene rings is 2. The van der Waals surface area contributed by atoms with Crippen molar-refractivity contribution >= 4 is 17.8 Å². The minimum absolute atomic E-state index is 0.0322. The first-order valence-electron chi connectivity index (χ1n) is 7.91. The fraction of sp³-hybridized carbons (Fsp3) is 0.211. The minimum Gasteiger partial charge on any atom is -0.496 e. The number of imide groups is 1. The van der Waals surface area contributed by atoms with Crippen LogP contribution in [0, 0.1) is 0 Å². The Labute approximate surface area is 150 Å². The van der Waals surface area contributed by atoms with Crippen molar-refractivity contribution in [1.29, 1.82) is 0 Å². The van der Waals surface area contributed by atoms with E-state index >= 15 is 0 Å². The Hall–Kier alpha value is -3.35. The Balaban J connectivity index is 1.67. The molecular weight excluding hydrogens is 338 g/mol. The van der Waals surface area contributed by atoms with Gasteiger partial charge >= 0.3 is 5.97 Å². The van der Waals surface area contributed by atoms with E-state index in [0.717, 1.165) is 4.90 Å². The van der Waals surface area contributed by atoms with Crippen molar-refractivity contribution in [2.45, 2.75) is 0 Å². The molecule has 0 spiro atoms. The number of amides is 2. The summed E-state index contributed by atoms with van der Waals surface area (Å²) in [4.78, 5) is 38.0. The highest BCUT2D eigenvalue weighted by Crippen LogP contribution is 2.29. The van der Waals surface area contributed by atoms with Gasteiger partial charge < -0.3 is 14.2 Å². The van der Waals surface area contributed by atoms with Crippen molar-refractivity contribution in [2.75, 3.05) is 27.4 Å². The van der Waals surface area contributed by atoms with Crippen LogP contribution in [0.5, 0.6) is 11.5 Å². The zero-order valence-electron chi connectivity index (χ0n) is 14.4. The Morgan fingerprint density at radius 3 is 1.92 bits per heavy atom. The number of hydrogen-bond acceptors (Lipinski definition) is 6. The highest BCUT2D eigenvalue weighted by molar-refractivity contribution is 6.21. The Bertz CT molecular complexity index is 819. The highest BCUT2D eigenvalue weighted by atomic mass is 16.5. The molecule has 0 radical (unpaired) electrons. The Morgan fingerprint density at radius 2 is 1.42 bits per heavy atom. The number of esters is 1. The van der Waals surface area contributed by atoms with Crippen LogP contribution >= 0.6 is 0 Å². The standard InChI is InChI=1S/C19H17NO6/c1-24-14-8-5-9-15(25-2)16(14)19(23)26-11-10-20-17(21)12-6-3-4-7-13(12)18(20)22/h3-9H,10-11H2,1-2H3. The van der Waals surface area contributed by atoms with Crippen LogP contribution in [0.2, 0.25) is 0 Å². The van der Waals surface area contributed by atoms with Crippen LogP contribution in [0.25, 0.3) is 0 Å². The van der Waals surface area contributed by atoms with Crippen LogP contribution in [0.1, 0.15) is 31.1 Å². The van der Waals surface area contributed by atoms with Gasteiger partial charge in [-0.1, -0.05) is 18.2 Å². The number of nitrogens with zero attached hydrogens (tertiary/aromatic N) is 1. The summed E-state index contributed by atoms with van der Waals surface area (Å²) in [6.07, 6.45) is 0. The molecule has 26 heavy (non-hydrogen) atoms.